The summed E-state index contributed by atoms with van der Waals surface area (Å²) in [4.78, 5) is 0. The Morgan fingerprint density at radius 1 is 0.529 bits per heavy atom. The van der Waals surface area contributed by atoms with Gasteiger partial charge in [-0.25, -0.2) is 0 Å². The highest BCUT2D eigenvalue weighted by Crippen LogP contribution is 2.55. The summed E-state index contributed by atoms with van der Waals surface area (Å²) in [5, 5.41) is 8.02. The van der Waals surface area contributed by atoms with Crippen molar-refractivity contribution in [2.24, 2.45) is 0 Å². The summed E-state index contributed by atoms with van der Waals surface area (Å²) in [7, 11) is 0. The van der Waals surface area contributed by atoms with E-state index in [1.165, 1.54) is 71.3 Å². The third-order valence-corrected chi connectivity index (χ3v) is 7.85. The van der Waals surface area contributed by atoms with Crippen molar-refractivity contribution < 1.29 is 0 Å². The summed E-state index contributed by atoms with van der Waals surface area (Å²) in [6.45, 7) is 6.95. The van der Waals surface area contributed by atoms with Crippen LogP contribution in [0.5, 0.6) is 0 Å². The smallest absolute Gasteiger partial charge is 0.0165 e. The summed E-state index contributed by atoms with van der Waals surface area (Å²) in [5.41, 5.74) is 9.47. The lowest BCUT2D eigenvalue weighted by atomic mass is 9.79. The van der Waals surface area contributed by atoms with Gasteiger partial charge in [0.2, 0.25) is 0 Å². The summed E-state index contributed by atoms with van der Waals surface area (Å²) in [5.74, 6) is 0. The number of benzene rings is 6. The molecule has 162 valence electrons. The van der Waals surface area contributed by atoms with Crippen LogP contribution in [0.2, 0.25) is 0 Å². The second-order valence-electron chi connectivity index (χ2n) is 10.3. The molecule has 0 saturated carbocycles. The molecular formula is C34H26. The van der Waals surface area contributed by atoms with Crippen LogP contribution < -0.4 is 0 Å². The second-order valence-corrected chi connectivity index (χ2v) is 10.3. The standard InChI is InChI=1S/C34H26/c1-21-12-13-22-14-15-23(19-25(22)18-21)24-16-17-30-31(20-24)34(2,3)33-29-11-7-5-9-27(29)26-8-4-6-10-28(26)32(30)33/h4-20H,1-3H3. The van der Waals surface area contributed by atoms with E-state index in [1.54, 1.807) is 0 Å². The second kappa shape index (κ2) is 6.81. The highest BCUT2D eigenvalue weighted by molar-refractivity contribution is 6.18. The van der Waals surface area contributed by atoms with Crippen molar-refractivity contribution >= 4 is 32.3 Å². The van der Waals surface area contributed by atoms with Crippen LogP contribution in [0.3, 0.4) is 0 Å². The van der Waals surface area contributed by atoms with Gasteiger partial charge in [-0.1, -0.05) is 110 Å². The molecule has 0 N–H and O–H groups in total. The fourth-order valence-electron chi connectivity index (χ4n) is 6.21. The fraction of sp³-hybridized carbons (Fsp3) is 0.118. The quantitative estimate of drug-likeness (QED) is 0.226. The molecule has 0 nitrogen and oxygen atoms in total. The Bertz CT molecular complexity index is 1780. The van der Waals surface area contributed by atoms with Gasteiger partial charge in [0.15, 0.2) is 0 Å². The highest BCUT2D eigenvalue weighted by atomic mass is 14.4. The Morgan fingerprint density at radius 3 is 1.94 bits per heavy atom. The Morgan fingerprint density at radius 2 is 1.15 bits per heavy atom. The minimum absolute atomic E-state index is 0.0717. The van der Waals surface area contributed by atoms with Gasteiger partial charge in [-0.2, -0.15) is 0 Å². The Kier molecular flexibility index (Phi) is 3.92. The molecule has 1 aliphatic carbocycles. The van der Waals surface area contributed by atoms with E-state index < -0.39 is 0 Å². The van der Waals surface area contributed by atoms with Gasteiger partial charge in [-0.3, -0.25) is 0 Å². The van der Waals surface area contributed by atoms with Gasteiger partial charge in [0.05, 0.1) is 0 Å². The van der Waals surface area contributed by atoms with Crippen LogP contribution in [0.4, 0.5) is 0 Å². The first-order valence-corrected chi connectivity index (χ1v) is 12.1. The number of hydrogen-bond acceptors (Lipinski definition) is 0. The lowest BCUT2D eigenvalue weighted by molar-refractivity contribution is 0.667. The Balaban J connectivity index is 1.51. The topological polar surface area (TPSA) is 0 Å². The molecule has 1 aliphatic rings. The lowest BCUT2D eigenvalue weighted by Gasteiger charge is -2.24. The summed E-state index contributed by atoms with van der Waals surface area (Å²) < 4.78 is 0. The van der Waals surface area contributed by atoms with E-state index in [-0.39, 0.29) is 5.41 Å². The van der Waals surface area contributed by atoms with E-state index in [1.807, 2.05) is 0 Å². The molecule has 0 amide bonds. The van der Waals surface area contributed by atoms with E-state index >= 15 is 0 Å². The molecule has 0 heterocycles. The van der Waals surface area contributed by atoms with Crippen molar-refractivity contribution in [3.63, 3.8) is 0 Å². The van der Waals surface area contributed by atoms with Crippen LogP contribution in [-0.4, -0.2) is 0 Å². The molecule has 6 aromatic carbocycles. The monoisotopic (exact) mass is 434 g/mol. The molecule has 0 aromatic heterocycles. The van der Waals surface area contributed by atoms with Crippen molar-refractivity contribution in [2.75, 3.05) is 0 Å². The summed E-state index contributed by atoms with van der Waals surface area (Å²) in [6.07, 6.45) is 0. The summed E-state index contributed by atoms with van der Waals surface area (Å²) in [6, 6.07) is 38.5. The molecule has 7 rings (SSSR count). The fourth-order valence-corrected chi connectivity index (χ4v) is 6.21. The van der Waals surface area contributed by atoms with Crippen molar-refractivity contribution in [1.82, 2.24) is 0 Å². The molecule has 0 heteroatoms. The van der Waals surface area contributed by atoms with Crippen molar-refractivity contribution in [1.29, 1.82) is 0 Å². The first-order valence-electron chi connectivity index (χ1n) is 12.1. The van der Waals surface area contributed by atoms with Crippen molar-refractivity contribution in [3.8, 4) is 22.3 Å². The number of aryl methyl sites for hydroxylation is 1. The van der Waals surface area contributed by atoms with Crippen LogP contribution in [0, 0.1) is 6.92 Å². The number of fused-ring (bicyclic) bond motifs is 9. The van der Waals surface area contributed by atoms with Crippen LogP contribution in [0.25, 0.3) is 54.6 Å². The Labute approximate surface area is 200 Å². The maximum absolute atomic E-state index is 2.44. The minimum Gasteiger partial charge on any atom is -0.0616 e. The van der Waals surface area contributed by atoms with Gasteiger partial charge in [0, 0.05) is 5.41 Å². The first kappa shape index (κ1) is 19.6. The van der Waals surface area contributed by atoms with Crippen LogP contribution >= 0.6 is 0 Å². The zero-order chi connectivity index (χ0) is 23.0. The van der Waals surface area contributed by atoms with Crippen molar-refractivity contribution in [2.45, 2.75) is 26.2 Å². The van der Waals surface area contributed by atoms with Gasteiger partial charge in [-0.05, 0) is 84.8 Å². The third-order valence-electron chi connectivity index (χ3n) is 7.85. The number of hydrogen-bond donors (Lipinski definition) is 0. The maximum Gasteiger partial charge on any atom is 0.0165 e. The van der Waals surface area contributed by atoms with Gasteiger partial charge in [-0.15, -0.1) is 0 Å². The first-order chi connectivity index (χ1) is 16.5. The van der Waals surface area contributed by atoms with E-state index in [9.17, 15) is 0 Å². The molecule has 0 fully saturated rings. The van der Waals surface area contributed by atoms with E-state index in [0.29, 0.717) is 0 Å². The zero-order valence-electron chi connectivity index (χ0n) is 19.8. The average Bonchev–Trinajstić information content (AvgIpc) is 3.10. The van der Waals surface area contributed by atoms with Gasteiger partial charge in [0.25, 0.3) is 0 Å². The average molecular weight is 435 g/mol. The molecule has 0 aliphatic heterocycles. The maximum atomic E-state index is 2.44. The SMILES string of the molecule is Cc1ccc2ccc(-c3ccc4c(c3)C(C)(C)c3c-4c4ccccc4c4ccccc34)cc2c1. The van der Waals surface area contributed by atoms with Gasteiger partial charge < -0.3 is 0 Å². The largest absolute Gasteiger partial charge is 0.0616 e. The Hall–Kier alpha value is -3.90. The molecule has 34 heavy (non-hydrogen) atoms. The normalized spacial score (nSPS) is 14.0. The van der Waals surface area contributed by atoms with E-state index in [4.69, 9.17) is 0 Å². The highest BCUT2D eigenvalue weighted by Gasteiger charge is 2.38. The molecule has 0 saturated heterocycles. The van der Waals surface area contributed by atoms with E-state index in [2.05, 4.69) is 124 Å². The zero-order valence-corrected chi connectivity index (χ0v) is 19.8. The van der Waals surface area contributed by atoms with Gasteiger partial charge in [0.1, 0.15) is 0 Å². The van der Waals surface area contributed by atoms with Crippen LogP contribution in [0.15, 0.2) is 103 Å². The third kappa shape index (κ3) is 2.60. The molecule has 0 atom stereocenters. The van der Waals surface area contributed by atoms with Crippen LogP contribution in [0.1, 0.15) is 30.5 Å². The molecule has 0 radical (unpaired) electrons. The molecule has 0 spiro atoms. The number of rotatable bonds is 1. The minimum atomic E-state index is -0.0717. The molecule has 6 aromatic rings. The summed E-state index contributed by atoms with van der Waals surface area (Å²) >= 11 is 0. The molecule has 0 bridgehead atoms. The lowest BCUT2D eigenvalue weighted by Crippen LogP contribution is -2.15. The predicted molar refractivity (Wildman–Crippen MR) is 147 cm³/mol. The van der Waals surface area contributed by atoms with Crippen LogP contribution in [-0.2, 0) is 5.41 Å². The predicted octanol–water partition coefficient (Wildman–Crippen LogP) is 9.43. The van der Waals surface area contributed by atoms with E-state index in [0.717, 1.165) is 0 Å². The molecule has 0 unspecified atom stereocenters. The molecular weight excluding hydrogens is 408 g/mol. The van der Waals surface area contributed by atoms with Crippen molar-refractivity contribution in [3.05, 3.63) is 120 Å². The van der Waals surface area contributed by atoms with Gasteiger partial charge >= 0.3 is 0 Å².